The second-order valence-corrected chi connectivity index (χ2v) is 9.23. The van der Waals surface area contributed by atoms with Crippen molar-refractivity contribution in [3.63, 3.8) is 0 Å². The van der Waals surface area contributed by atoms with Gasteiger partial charge in [0.2, 0.25) is 0 Å². The van der Waals surface area contributed by atoms with Crippen LogP contribution in [-0.2, 0) is 19.6 Å². The van der Waals surface area contributed by atoms with Gasteiger partial charge in [-0.2, -0.15) is 0 Å². The Kier molecular flexibility index (Phi) is 9.99. The molecular weight excluding hydrogens is 388 g/mol. The summed E-state index contributed by atoms with van der Waals surface area (Å²) in [5.74, 6) is 0.549. The van der Waals surface area contributed by atoms with Crippen LogP contribution < -0.4 is 5.32 Å². The van der Waals surface area contributed by atoms with Gasteiger partial charge in [0.05, 0.1) is 0 Å². The molecule has 0 saturated heterocycles. The number of nitrogens with zero attached hydrogens (tertiary/aromatic N) is 1. The lowest BCUT2D eigenvalue weighted by Gasteiger charge is -2.41. The maximum absolute atomic E-state index is 3.96. The fourth-order valence-corrected chi connectivity index (χ4v) is 4.71. The van der Waals surface area contributed by atoms with Crippen LogP contribution in [0.25, 0.3) is 0 Å². The van der Waals surface area contributed by atoms with Gasteiger partial charge in [0.1, 0.15) is 0 Å². The summed E-state index contributed by atoms with van der Waals surface area (Å²) in [5, 5.41) is 3.96. The maximum atomic E-state index is 3.96. The Bertz CT molecular complexity index is 820. The molecule has 2 heteroatoms. The van der Waals surface area contributed by atoms with Gasteiger partial charge in [0.25, 0.3) is 0 Å². The molecule has 170 valence electrons. The Hall–Kier alpha value is -2.42. The molecule has 3 aromatic carbocycles. The fourth-order valence-electron chi connectivity index (χ4n) is 4.71. The van der Waals surface area contributed by atoms with Crippen LogP contribution in [0, 0.1) is 5.92 Å². The Labute approximate surface area is 195 Å². The molecule has 0 spiro atoms. The van der Waals surface area contributed by atoms with Gasteiger partial charge in [0, 0.05) is 31.7 Å². The highest BCUT2D eigenvalue weighted by atomic mass is 15.2. The van der Waals surface area contributed by atoms with Crippen molar-refractivity contribution in [3.05, 3.63) is 108 Å². The van der Waals surface area contributed by atoms with Crippen molar-refractivity contribution in [1.82, 2.24) is 10.2 Å². The average Bonchev–Trinajstić information content (AvgIpc) is 2.82. The summed E-state index contributed by atoms with van der Waals surface area (Å²) in [6.45, 7) is 9.92. The van der Waals surface area contributed by atoms with Crippen LogP contribution in [0.2, 0.25) is 0 Å². The first-order valence-corrected chi connectivity index (χ1v) is 12.3. The van der Waals surface area contributed by atoms with Crippen LogP contribution >= 0.6 is 0 Å². The quantitative estimate of drug-likeness (QED) is 0.313. The first-order valence-electron chi connectivity index (χ1n) is 12.3. The third-order valence-electron chi connectivity index (χ3n) is 6.25. The molecule has 3 aromatic rings. The summed E-state index contributed by atoms with van der Waals surface area (Å²) in [4.78, 5) is 2.70. The molecule has 0 unspecified atom stereocenters. The van der Waals surface area contributed by atoms with Gasteiger partial charge in [-0.25, -0.2) is 0 Å². The Morgan fingerprint density at radius 1 is 0.688 bits per heavy atom. The van der Waals surface area contributed by atoms with Gasteiger partial charge in [-0.05, 0) is 29.0 Å². The first-order chi connectivity index (χ1) is 15.7. The van der Waals surface area contributed by atoms with Crippen LogP contribution in [0.4, 0.5) is 0 Å². The van der Waals surface area contributed by atoms with Crippen LogP contribution in [0.3, 0.4) is 0 Å². The molecule has 0 aromatic heterocycles. The molecule has 0 aliphatic rings. The van der Waals surface area contributed by atoms with Crippen molar-refractivity contribution in [1.29, 1.82) is 0 Å². The molecule has 1 N–H and O–H groups in total. The van der Waals surface area contributed by atoms with Crippen molar-refractivity contribution in [2.45, 2.75) is 71.8 Å². The van der Waals surface area contributed by atoms with Gasteiger partial charge in [0.15, 0.2) is 0 Å². The number of hydrogen-bond donors (Lipinski definition) is 1. The highest BCUT2D eigenvalue weighted by molar-refractivity contribution is 5.18. The van der Waals surface area contributed by atoms with Gasteiger partial charge in [-0.3, -0.25) is 4.90 Å². The van der Waals surface area contributed by atoms with Crippen molar-refractivity contribution < 1.29 is 0 Å². The largest absolute Gasteiger partial charge is 0.308 e. The number of rotatable bonds is 13. The lowest BCUT2D eigenvalue weighted by molar-refractivity contribution is 0.0962. The summed E-state index contributed by atoms with van der Waals surface area (Å²) >= 11 is 0. The van der Waals surface area contributed by atoms with Crippen molar-refractivity contribution in [3.8, 4) is 0 Å². The third kappa shape index (κ3) is 7.62. The lowest BCUT2D eigenvalue weighted by Crippen LogP contribution is -2.52. The molecule has 2 atom stereocenters. The highest BCUT2D eigenvalue weighted by Crippen LogP contribution is 2.24. The zero-order valence-electron chi connectivity index (χ0n) is 20.1. The Morgan fingerprint density at radius 2 is 1.16 bits per heavy atom. The van der Waals surface area contributed by atoms with Crippen LogP contribution in [0.5, 0.6) is 0 Å². The molecule has 2 nitrogen and oxygen atoms in total. The minimum atomic E-state index is 0.447. The molecule has 0 aliphatic carbocycles. The van der Waals surface area contributed by atoms with Crippen molar-refractivity contribution in [2.24, 2.45) is 5.92 Å². The van der Waals surface area contributed by atoms with E-state index in [9.17, 15) is 0 Å². The predicted molar refractivity (Wildman–Crippen MR) is 137 cm³/mol. The average molecular weight is 429 g/mol. The zero-order chi connectivity index (χ0) is 22.6. The summed E-state index contributed by atoms with van der Waals surface area (Å²) in [6, 6.07) is 33.6. The van der Waals surface area contributed by atoms with Crippen LogP contribution in [0.1, 0.15) is 56.7 Å². The number of unbranched alkanes of at least 4 members (excludes halogenated alkanes) is 1. The Morgan fingerprint density at radius 3 is 1.59 bits per heavy atom. The van der Waals surface area contributed by atoms with E-state index in [0.29, 0.717) is 18.0 Å². The topological polar surface area (TPSA) is 15.3 Å². The zero-order valence-corrected chi connectivity index (χ0v) is 20.1. The standard InChI is InChI=1S/C30H40N2/c1-4-5-21-29(31-22-26-15-9-6-10-16-26)30(25(2)3)32(23-27-17-11-7-12-18-27)24-28-19-13-8-14-20-28/h6-20,25,29-31H,4-5,21-24H2,1-3H3/t29-,30+/m1/s1. The molecule has 0 radical (unpaired) electrons. The second kappa shape index (κ2) is 13.2. The van der Waals surface area contributed by atoms with Crippen molar-refractivity contribution in [2.75, 3.05) is 0 Å². The smallest absolute Gasteiger partial charge is 0.0279 e. The van der Waals surface area contributed by atoms with Gasteiger partial charge < -0.3 is 5.32 Å². The minimum Gasteiger partial charge on any atom is -0.308 e. The number of hydrogen-bond acceptors (Lipinski definition) is 2. The van der Waals surface area contributed by atoms with E-state index in [1.165, 1.54) is 36.0 Å². The Balaban J connectivity index is 1.86. The lowest BCUT2D eigenvalue weighted by atomic mass is 9.90. The minimum absolute atomic E-state index is 0.447. The van der Waals surface area contributed by atoms with Gasteiger partial charge in [-0.15, -0.1) is 0 Å². The molecule has 0 aliphatic heterocycles. The van der Waals surface area contributed by atoms with E-state index < -0.39 is 0 Å². The van der Waals surface area contributed by atoms with E-state index in [4.69, 9.17) is 0 Å². The van der Waals surface area contributed by atoms with Crippen molar-refractivity contribution >= 4 is 0 Å². The number of nitrogens with one attached hydrogen (secondary N) is 1. The van der Waals surface area contributed by atoms with E-state index in [1.807, 2.05) is 0 Å². The SMILES string of the molecule is CCCC[C@@H](NCc1ccccc1)[C@H](C(C)C)N(Cc1ccccc1)Cc1ccccc1. The van der Waals surface area contributed by atoms with Gasteiger partial charge in [-0.1, -0.05) is 125 Å². The molecule has 0 saturated carbocycles. The molecular formula is C30H40N2. The van der Waals surface area contributed by atoms with Crippen LogP contribution in [0.15, 0.2) is 91.0 Å². The summed E-state index contributed by atoms with van der Waals surface area (Å²) < 4.78 is 0. The third-order valence-corrected chi connectivity index (χ3v) is 6.25. The molecule has 0 heterocycles. The fraction of sp³-hybridized carbons (Fsp3) is 0.400. The van der Waals surface area contributed by atoms with E-state index in [2.05, 4.69) is 122 Å². The van der Waals surface area contributed by atoms with Crippen LogP contribution in [-0.4, -0.2) is 17.0 Å². The highest BCUT2D eigenvalue weighted by Gasteiger charge is 2.30. The van der Waals surface area contributed by atoms with Gasteiger partial charge >= 0.3 is 0 Å². The molecule has 32 heavy (non-hydrogen) atoms. The summed E-state index contributed by atoms with van der Waals surface area (Å²) in [5.41, 5.74) is 4.12. The maximum Gasteiger partial charge on any atom is 0.0279 e. The van der Waals surface area contributed by atoms with E-state index in [1.54, 1.807) is 0 Å². The van der Waals surface area contributed by atoms with E-state index in [0.717, 1.165) is 19.6 Å². The van der Waals surface area contributed by atoms with E-state index >= 15 is 0 Å². The monoisotopic (exact) mass is 428 g/mol. The first kappa shape index (κ1) is 24.2. The molecule has 0 fully saturated rings. The second-order valence-electron chi connectivity index (χ2n) is 9.23. The summed E-state index contributed by atoms with van der Waals surface area (Å²) in [6.07, 6.45) is 3.68. The number of benzene rings is 3. The molecule has 3 rings (SSSR count). The summed E-state index contributed by atoms with van der Waals surface area (Å²) in [7, 11) is 0. The molecule has 0 bridgehead atoms. The predicted octanol–water partition coefficient (Wildman–Crippen LogP) is 7.06. The van der Waals surface area contributed by atoms with E-state index in [-0.39, 0.29) is 0 Å². The molecule has 0 amide bonds. The normalized spacial score (nSPS) is 13.4.